The molecule has 100 valence electrons. The van der Waals surface area contributed by atoms with Crippen molar-refractivity contribution in [1.29, 1.82) is 0 Å². The highest BCUT2D eigenvalue weighted by atomic mass is 32.2. The topological polar surface area (TPSA) is 66.4 Å². The number of carboxylic acid groups (broad SMARTS) is 1. The molecule has 0 aromatic rings. The Morgan fingerprint density at radius 2 is 1.94 bits per heavy atom. The zero-order valence-corrected chi connectivity index (χ0v) is 11.9. The summed E-state index contributed by atoms with van der Waals surface area (Å²) in [6.07, 6.45) is 3.25. The predicted octanol–water partition coefficient (Wildman–Crippen LogP) is 2.14. The SMILES string of the molecule is CSC(C)CCNC(=O)CC(C)(C)CC(=O)O. The van der Waals surface area contributed by atoms with E-state index in [4.69, 9.17) is 5.11 Å². The fourth-order valence-corrected chi connectivity index (χ4v) is 1.86. The number of rotatable bonds is 8. The normalized spacial score (nSPS) is 13.2. The summed E-state index contributed by atoms with van der Waals surface area (Å²) in [7, 11) is 0. The fraction of sp³-hybridized carbons (Fsp3) is 0.833. The van der Waals surface area contributed by atoms with E-state index in [1.807, 2.05) is 6.26 Å². The molecule has 1 amide bonds. The monoisotopic (exact) mass is 261 g/mol. The highest BCUT2D eigenvalue weighted by molar-refractivity contribution is 7.99. The maximum absolute atomic E-state index is 11.6. The number of aliphatic carboxylic acids is 1. The summed E-state index contributed by atoms with van der Waals surface area (Å²) in [4.78, 5) is 22.2. The first-order valence-electron chi connectivity index (χ1n) is 5.78. The van der Waals surface area contributed by atoms with Gasteiger partial charge in [-0.25, -0.2) is 0 Å². The quantitative estimate of drug-likeness (QED) is 0.702. The first-order valence-corrected chi connectivity index (χ1v) is 7.07. The molecule has 0 aliphatic carbocycles. The predicted molar refractivity (Wildman–Crippen MR) is 71.3 cm³/mol. The van der Waals surface area contributed by atoms with Gasteiger partial charge in [-0.3, -0.25) is 9.59 Å². The Balaban J connectivity index is 3.89. The van der Waals surface area contributed by atoms with E-state index in [2.05, 4.69) is 12.2 Å². The average molecular weight is 261 g/mol. The van der Waals surface area contributed by atoms with Gasteiger partial charge in [0.2, 0.25) is 5.91 Å². The van der Waals surface area contributed by atoms with Gasteiger partial charge in [0.05, 0.1) is 6.42 Å². The molecule has 0 aromatic heterocycles. The molecule has 0 heterocycles. The van der Waals surface area contributed by atoms with Crippen LogP contribution in [0.25, 0.3) is 0 Å². The van der Waals surface area contributed by atoms with E-state index >= 15 is 0 Å². The Morgan fingerprint density at radius 3 is 2.41 bits per heavy atom. The molecule has 0 saturated heterocycles. The molecule has 0 bridgehead atoms. The van der Waals surface area contributed by atoms with Crippen molar-refractivity contribution >= 4 is 23.6 Å². The lowest BCUT2D eigenvalue weighted by molar-refractivity contribution is -0.139. The molecule has 0 fully saturated rings. The molecule has 0 aromatic carbocycles. The van der Waals surface area contributed by atoms with Crippen LogP contribution >= 0.6 is 11.8 Å². The maximum atomic E-state index is 11.6. The molecule has 0 radical (unpaired) electrons. The van der Waals surface area contributed by atoms with Crippen molar-refractivity contribution in [3.8, 4) is 0 Å². The van der Waals surface area contributed by atoms with Gasteiger partial charge in [0.25, 0.3) is 0 Å². The van der Waals surface area contributed by atoms with Gasteiger partial charge >= 0.3 is 5.97 Å². The molecule has 1 atom stereocenters. The van der Waals surface area contributed by atoms with E-state index < -0.39 is 11.4 Å². The van der Waals surface area contributed by atoms with Crippen molar-refractivity contribution in [1.82, 2.24) is 5.32 Å². The lowest BCUT2D eigenvalue weighted by atomic mass is 9.85. The van der Waals surface area contributed by atoms with Gasteiger partial charge in [-0.1, -0.05) is 20.8 Å². The molecule has 0 spiro atoms. The number of amides is 1. The van der Waals surface area contributed by atoms with Crippen molar-refractivity contribution in [3.05, 3.63) is 0 Å². The lowest BCUT2D eigenvalue weighted by Gasteiger charge is -2.21. The van der Waals surface area contributed by atoms with E-state index in [1.54, 1.807) is 25.6 Å². The third kappa shape index (κ3) is 9.03. The summed E-state index contributed by atoms with van der Waals surface area (Å²) in [6.45, 7) is 6.37. The Labute approximate surface area is 108 Å². The van der Waals surface area contributed by atoms with E-state index in [9.17, 15) is 9.59 Å². The van der Waals surface area contributed by atoms with Crippen LogP contribution < -0.4 is 5.32 Å². The number of nitrogens with one attached hydrogen (secondary N) is 1. The molecule has 0 aliphatic rings. The minimum absolute atomic E-state index is 0.0155. The van der Waals surface area contributed by atoms with Crippen molar-refractivity contribution < 1.29 is 14.7 Å². The summed E-state index contributed by atoms with van der Waals surface area (Å²) in [6, 6.07) is 0. The van der Waals surface area contributed by atoms with E-state index in [1.165, 1.54) is 0 Å². The van der Waals surface area contributed by atoms with Crippen LogP contribution in [0.2, 0.25) is 0 Å². The largest absolute Gasteiger partial charge is 0.481 e. The highest BCUT2D eigenvalue weighted by Crippen LogP contribution is 2.24. The van der Waals surface area contributed by atoms with Gasteiger partial charge in [0.15, 0.2) is 0 Å². The van der Waals surface area contributed by atoms with Gasteiger partial charge in [-0.05, 0) is 18.1 Å². The molecule has 17 heavy (non-hydrogen) atoms. The van der Waals surface area contributed by atoms with E-state index in [-0.39, 0.29) is 18.7 Å². The third-order valence-corrected chi connectivity index (χ3v) is 3.58. The van der Waals surface area contributed by atoms with Gasteiger partial charge in [-0.2, -0.15) is 11.8 Å². The van der Waals surface area contributed by atoms with Crippen LogP contribution in [0, 0.1) is 5.41 Å². The first kappa shape index (κ1) is 16.3. The molecule has 0 saturated carbocycles. The van der Waals surface area contributed by atoms with Gasteiger partial charge in [0, 0.05) is 18.2 Å². The number of thioether (sulfide) groups is 1. The first-order chi connectivity index (χ1) is 7.76. The van der Waals surface area contributed by atoms with E-state index in [0.29, 0.717) is 11.8 Å². The summed E-state index contributed by atoms with van der Waals surface area (Å²) in [5.74, 6) is -0.927. The Morgan fingerprint density at radius 1 is 1.35 bits per heavy atom. The molecular formula is C12H23NO3S. The summed E-state index contributed by atoms with van der Waals surface area (Å²) >= 11 is 1.77. The van der Waals surface area contributed by atoms with Crippen LogP contribution in [0.15, 0.2) is 0 Å². The second-order valence-corrected chi connectivity index (χ2v) is 6.37. The summed E-state index contributed by atoms with van der Waals surface area (Å²) < 4.78 is 0. The minimum Gasteiger partial charge on any atom is -0.481 e. The molecule has 2 N–H and O–H groups in total. The van der Waals surface area contributed by atoms with E-state index in [0.717, 1.165) is 6.42 Å². The average Bonchev–Trinajstić information content (AvgIpc) is 2.14. The van der Waals surface area contributed by atoms with Gasteiger partial charge in [-0.15, -0.1) is 0 Å². The second-order valence-electron chi connectivity index (χ2n) is 5.10. The standard InChI is InChI=1S/C12H23NO3S/c1-9(17-4)5-6-13-10(14)7-12(2,3)8-11(15)16/h9H,5-8H2,1-4H3,(H,13,14)(H,15,16). The Hall–Kier alpha value is -0.710. The molecule has 0 aliphatic heterocycles. The third-order valence-electron chi connectivity index (χ3n) is 2.54. The van der Waals surface area contributed by atoms with Crippen LogP contribution in [0.1, 0.15) is 40.0 Å². The summed E-state index contributed by atoms with van der Waals surface area (Å²) in [5.41, 5.74) is -0.485. The molecule has 0 rings (SSSR count). The molecule has 5 heteroatoms. The van der Waals surface area contributed by atoms with Crippen molar-refractivity contribution in [2.75, 3.05) is 12.8 Å². The number of hydrogen-bond acceptors (Lipinski definition) is 3. The van der Waals surface area contributed by atoms with Crippen LogP contribution in [0.5, 0.6) is 0 Å². The lowest BCUT2D eigenvalue weighted by Crippen LogP contribution is -2.31. The van der Waals surface area contributed by atoms with Gasteiger partial charge < -0.3 is 10.4 Å². The minimum atomic E-state index is -0.862. The second kappa shape index (κ2) is 7.58. The highest BCUT2D eigenvalue weighted by Gasteiger charge is 2.24. The Bertz CT molecular complexity index is 266. The fourth-order valence-electron chi connectivity index (χ4n) is 1.50. The number of carbonyl (C=O) groups excluding carboxylic acids is 1. The number of carboxylic acids is 1. The van der Waals surface area contributed by atoms with Crippen molar-refractivity contribution in [2.45, 2.75) is 45.3 Å². The molecule has 1 unspecified atom stereocenters. The van der Waals surface area contributed by atoms with Gasteiger partial charge in [0.1, 0.15) is 0 Å². The smallest absolute Gasteiger partial charge is 0.303 e. The van der Waals surface area contributed by atoms with Crippen LogP contribution in [0.4, 0.5) is 0 Å². The van der Waals surface area contributed by atoms with Crippen LogP contribution in [0.3, 0.4) is 0 Å². The number of carbonyl (C=O) groups is 2. The maximum Gasteiger partial charge on any atom is 0.303 e. The molecular weight excluding hydrogens is 238 g/mol. The molecule has 4 nitrogen and oxygen atoms in total. The summed E-state index contributed by atoms with van der Waals surface area (Å²) in [5, 5.41) is 12.1. The zero-order chi connectivity index (χ0) is 13.5. The number of hydrogen-bond donors (Lipinski definition) is 2. The van der Waals surface area contributed by atoms with Crippen molar-refractivity contribution in [3.63, 3.8) is 0 Å². The Kier molecular flexibility index (Phi) is 7.27. The van der Waals surface area contributed by atoms with Crippen molar-refractivity contribution in [2.24, 2.45) is 5.41 Å². The zero-order valence-electron chi connectivity index (χ0n) is 11.1. The van der Waals surface area contributed by atoms with Crippen LogP contribution in [-0.2, 0) is 9.59 Å². The van der Waals surface area contributed by atoms with Crippen LogP contribution in [-0.4, -0.2) is 35.0 Å².